The van der Waals surface area contributed by atoms with Crippen LogP contribution in [0.15, 0.2) is 146 Å². The first-order valence-electron chi connectivity index (χ1n) is 19.0. The Labute approximate surface area is 330 Å². The molecular weight excluding hydrogens is 830 g/mol. The number of benzene rings is 6. The van der Waals surface area contributed by atoms with Crippen molar-refractivity contribution in [2.45, 2.75) is 40.0 Å². The number of pyridine rings is 1. The minimum atomic E-state index is -2.39. The molecular formula is C48H40N3OPt-. The maximum absolute atomic E-state index is 11.2. The Bertz CT molecular complexity index is 2700. The maximum atomic E-state index is 11.2. The van der Waals surface area contributed by atoms with Crippen molar-refractivity contribution in [3.63, 3.8) is 0 Å². The zero-order valence-corrected chi connectivity index (χ0v) is 32.2. The Kier molecular flexibility index (Phi) is 8.75. The van der Waals surface area contributed by atoms with Crippen LogP contribution in [0.2, 0.25) is 0 Å². The molecule has 8 aromatic rings. The number of imidazole rings is 1. The zero-order chi connectivity index (χ0) is 38.5. The molecule has 0 spiro atoms. The first kappa shape index (κ1) is 32.1. The van der Waals surface area contributed by atoms with Gasteiger partial charge in [0.15, 0.2) is 0 Å². The van der Waals surface area contributed by atoms with Gasteiger partial charge in [-0.2, -0.15) is 0 Å². The SMILES string of the molecule is [2H]C([2H])([2H])c1cc(-n2c(-c3ccccc3O)nc3c(-c4[c-]c(-c5cc(-c6ccc(C)cc6)ccn5)cc(C(C)(C)C)c4)cccc32)ccc1-c1ccccc1.[Pt]. The summed E-state index contributed by atoms with van der Waals surface area (Å²) < 4.78 is 27.6. The number of phenols is 1. The molecule has 0 bridgehead atoms. The third-order valence-electron chi connectivity index (χ3n) is 9.62. The molecule has 0 aliphatic heterocycles. The first-order valence-corrected chi connectivity index (χ1v) is 17.5. The minimum Gasteiger partial charge on any atom is -0.507 e. The Hall–Kier alpha value is -5.57. The average Bonchev–Trinajstić information content (AvgIpc) is 3.57. The molecule has 8 rings (SSSR count). The van der Waals surface area contributed by atoms with E-state index in [4.69, 9.17) is 14.1 Å². The quantitative estimate of drug-likeness (QED) is 0.169. The fraction of sp³-hybridized carbons (Fsp3) is 0.125. The van der Waals surface area contributed by atoms with Crippen LogP contribution < -0.4 is 0 Å². The molecule has 0 amide bonds. The van der Waals surface area contributed by atoms with Crippen LogP contribution in [0, 0.1) is 19.8 Å². The van der Waals surface area contributed by atoms with Gasteiger partial charge >= 0.3 is 0 Å². The third-order valence-corrected chi connectivity index (χ3v) is 9.62. The van der Waals surface area contributed by atoms with Crippen LogP contribution in [-0.4, -0.2) is 19.6 Å². The van der Waals surface area contributed by atoms with Gasteiger partial charge in [0.1, 0.15) is 11.6 Å². The molecule has 0 radical (unpaired) electrons. The summed E-state index contributed by atoms with van der Waals surface area (Å²) in [5, 5.41) is 11.2. The van der Waals surface area contributed by atoms with E-state index in [1.807, 2.05) is 89.6 Å². The Morgan fingerprint density at radius 3 is 2.17 bits per heavy atom. The second-order valence-corrected chi connectivity index (χ2v) is 14.3. The predicted molar refractivity (Wildman–Crippen MR) is 215 cm³/mol. The van der Waals surface area contributed by atoms with Crippen LogP contribution in [0.25, 0.3) is 72.7 Å². The van der Waals surface area contributed by atoms with Gasteiger partial charge < -0.3 is 5.11 Å². The van der Waals surface area contributed by atoms with E-state index in [2.05, 4.69) is 76.2 Å². The van der Waals surface area contributed by atoms with Crippen molar-refractivity contribution in [3.05, 3.63) is 168 Å². The predicted octanol–water partition coefficient (Wildman–Crippen LogP) is 12.2. The van der Waals surface area contributed by atoms with E-state index in [9.17, 15) is 5.11 Å². The molecule has 0 aliphatic rings. The topological polar surface area (TPSA) is 50.9 Å². The molecule has 5 heteroatoms. The van der Waals surface area contributed by atoms with Gasteiger partial charge in [0, 0.05) is 42.8 Å². The smallest absolute Gasteiger partial charge is 0.148 e. The van der Waals surface area contributed by atoms with Crippen molar-refractivity contribution in [1.29, 1.82) is 0 Å². The number of fused-ring (bicyclic) bond motifs is 1. The fourth-order valence-electron chi connectivity index (χ4n) is 6.75. The number of aromatic hydroxyl groups is 1. The number of phenolic OH excluding ortho intramolecular Hbond substituents is 1. The standard InChI is InChI=1S/C48H40N3O.Pt/c1-31-18-20-33(21-19-31)35-24-25-49-43(30-35)37-27-36(28-38(29-37)48(3,4)5)41-15-11-16-44-46(41)50-47(42-14-9-10-17-45(42)52)51(44)39-22-23-40(32(2)26-39)34-12-7-6-8-13-34;/h6-26,28-30,52H,1-5H3;/q-1;/i2D3;. The van der Waals surface area contributed by atoms with E-state index >= 15 is 0 Å². The summed E-state index contributed by atoms with van der Waals surface area (Å²) in [6, 6.07) is 48.8. The van der Waals surface area contributed by atoms with Gasteiger partial charge in [-0.1, -0.05) is 128 Å². The van der Waals surface area contributed by atoms with E-state index in [1.54, 1.807) is 18.2 Å². The summed E-state index contributed by atoms with van der Waals surface area (Å²) in [7, 11) is 0. The molecule has 2 heterocycles. The number of nitrogens with zero attached hydrogens (tertiary/aromatic N) is 3. The van der Waals surface area contributed by atoms with Gasteiger partial charge in [0.25, 0.3) is 0 Å². The number of aryl methyl sites for hydroxylation is 2. The van der Waals surface area contributed by atoms with Crippen molar-refractivity contribution in [1.82, 2.24) is 14.5 Å². The van der Waals surface area contributed by atoms with E-state index in [-0.39, 0.29) is 37.8 Å². The van der Waals surface area contributed by atoms with Crippen molar-refractivity contribution >= 4 is 11.0 Å². The molecule has 1 N–H and O–H groups in total. The number of para-hydroxylation sites is 2. The van der Waals surface area contributed by atoms with Crippen LogP contribution in [0.4, 0.5) is 0 Å². The maximum Gasteiger partial charge on any atom is 0.148 e. The third kappa shape index (κ3) is 7.00. The summed E-state index contributed by atoms with van der Waals surface area (Å²) >= 11 is 0. The summed E-state index contributed by atoms with van der Waals surface area (Å²) in [5.41, 5.74) is 12.0. The Balaban J connectivity index is 0.00000480. The van der Waals surface area contributed by atoms with Crippen molar-refractivity contribution < 1.29 is 30.3 Å². The summed E-state index contributed by atoms with van der Waals surface area (Å²) in [4.78, 5) is 10.1. The van der Waals surface area contributed by atoms with E-state index in [1.165, 1.54) is 5.56 Å². The van der Waals surface area contributed by atoms with Crippen LogP contribution >= 0.6 is 0 Å². The van der Waals surface area contributed by atoms with Gasteiger partial charge in [-0.3, -0.25) is 9.55 Å². The number of hydrogen-bond acceptors (Lipinski definition) is 3. The van der Waals surface area contributed by atoms with Crippen LogP contribution in [0.3, 0.4) is 0 Å². The second-order valence-electron chi connectivity index (χ2n) is 14.3. The second kappa shape index (κ2) is 14.5. The van der Waals surface area contributed by atoms with E-state index in [0.717, 1.165) is 50.2 Å². The van der Waals surface area contributed by atoms with E-state index in [0.29, 0.717) is 28.2 Å². The molecule has 0 aliphatic carbocycles. The number of rotatable bonds is 6. The molecule has 4 nitrogen and oxygen atoms in total. The van der Waals surface area contributed by atoms with Gasteiger partial charge in [0.2, 0.25) is 0 Å². The molecule has 0 saturated heterocycles. The molecule has 264 valence electrons. The molecule has 0 unspecified atom stereocenters. The Morgan fingerprint density at radius 1 is 0.679 bits per heavy atom. The van der Waals surface area contributed by atoms with Crippen molar-refractivity contribution in [2.75, 3.05) is 0 Å². The summed E-state index contributed by atoms with van der Waals surface area (Å²) in [5.74, 6) is 0.560. The van der Waals surface area contributed by atoms with Gasteiger partial charge in [-0.05, 0) is 83.4 Å². The summed E-state index contributed by atoms with van der Waals surface area (Å²) in [6.45, 7) is 6.28. The number of hydrogen-bond donors (Lipinski definition) is 1. The monoisotopic (exact) mass is 872 g/mol. The van der Waals surface area contributed by atoms with Crippen molar-refractivity contribution in [2.24, 2.45) is 0 Å². The molecule has 6 aromatic carbocycles. The Morgan fingerprint density at radius 2 is 1.42 bits per heavy atom. The van der Waals surface area contributed by atoms with Crippen LogP contribution in [0.1, 0.15) is 41.6 Å². The minimum absolute atomic E-state index is 0. The van der Waals surface area contributed by atoms with Crippen molar-refractivity contribution in [3.8, 4) is 67.5 Å². The van der Waals surface area contributed by atoms with Gasteiger partial charge in [0.05, 0.1) is 16.6 Å². The number of aromatic nitrogens is 3. The van der Waals surface area contributed by atoms with Crippen LogP contribution in [0.5, 0.6) is 5.75 Å². The van der Waals surface area contributed by atoms with Gasteiger partial charge in [-0.15, -0.1) is 29.3 Å². The molecule has 2 aromatic heterocycles. The molecule has 0 fully saturated rings. The van der Waals surface area contributed by atoms with Gasteiger partial charge in [-0.25, -0.2) is 4.98 Å². The van der Waals surface area contributed by atoms with E-state index < -0.39 is 6.85 Å². The molecule has 0 atom stereocenters. The first-order chi connectivity index (χ1) is 26.3. The normalized spacial score (nSPS) is 12.5. The zero-order valence-electron chi connectivity index (χ0n) is 33.0. The fourth-order valence-corrected chi connectivity index (χ4v) is 6.75. The molecule has 53 heavy (non-hydrogen) atoms. The average molecular weight is 873 g/mol. The molecule has 0 saturated carbocycles. The van der Waals surface area contributed by atoms with Crippen LogP contribution in [-0.2, 0) is 26.5 Å². The summed E-state index contributed by atoms with van der Waals surface area (Å²) in [6.07, 6.45) is 1.85. The largest absolute Gasteiger partial charge is 0.507 e.